The van der Waals surface area contributed by atoms with Crippen LogP contribution in [0.25, 0.3) is 11.3 Å². The third kappa shape index (κ3) is 23.5. The van der Waals surface area contributed by atoms with Gasteiger partial charge in [0.05, 0.1) is 29.5 Å². The molecule has 420 valence electrons. The van der Waals surface area contributed by atoms with Gasteiger partial charge in [-0.05, 0) is 137 Å². The van der Waals surface area contributed by atoms with Gasteiger partial charge in [-0.3, -0.25) is 28.9 Å². The number of allylic oxidation sites excluding steroid dienone is 2. The molecular weight excluding hydrogens is 1120 g/mol. The molecule has 0 aliphatic carbocycles. The summed E-state index contributed by atoms with van der Waals surface area (Å²) >= 11 is 4.63. The van der Waals surface area contributed by atoms with Gasteiger partial charge in [0.25, 0.3) is 0 Å². The molecule has 0 atom stereocenters. The van der Waals surface area contributed by atoms with Gasteiger partial charge >= 0.3 is 0 Å². The Labute approximate surface area is 478 Å². The van der Waals surface area contributed by atoms with E-state index in [0.717, 1.165) is 73.5 Å². The first-order valence-corrected chi connectivity index (χ1v) is 33.3. The lowest BCUT2D eigenvalue weighted by atomic mass is 10.1. The lowest BCUT2D eigenvalue weighted by Gasteiger charge is -2.13. The molecule has 1 heterocycles. The van der Waals surface area contributed by atoms with Crippen LogP contribution in [0, 0.1) is 41.5 Å². The summed E-state index contributed by atoms with van der Waals surface area (Å²) in [5.74, 6) is 0.700. The largest absolute Gasteiger partial charge is 0.399 e. The first kappa shape index (κ1) is 64.6. The minimum atomic E-state index is -3.31. The summed E-state index contributed by atoms with van der Waals surface area (Å²) in [6.07, 6.45) is 12.5. The van der Waals surface area contributed by atoms with Crippen molar-refractivity contribution in [3.8, 4) is 11.3 Å². The zero-order chi connectivity index (χ0) is 58.7. The van der Waals surface area contributed by atoms with Crippen molar-refractivity contribution in [2.45, 2.75) is 41.5 Å². The van der Waals surface area contributed by atoms with Crippen molar-refractivity contribution in [3.63, 3.8) is 0 Å². The Morgan fingerprint density at radius 3 is 1.32 bits per heavy atom. The van der Waals surface area contributed by atoms with Crippen LogP contribution in [0.4, 0.5) is 39.9 Å². The van der Waals surface area contributed by atoms with E-state index in [0.29, 0.717) is 39.2 Å². The van der Waals surface area contributed by atoms with E-state index in [4.69, 9.17) is 5.73 Å². The number of benzene rings is 6. The van der Waals surface area contributed by atoms with E-state index < -0.39 is 30.1 Å². The predicted octanol–water partition coefficient (Wildman–Crippen LogP) is 12.7. The number of nitrogens with one attached hydrogen (secondary N) is 6. The van der Waals surface area contributed by atoms with Gasteiger partial charge in [-0.2, -0.15) is 5.10 Å². The van der Waals surface area contributed by atoms with Crippen LogP contribution < -0.4 is 30.5 Å². The molecule has 79 heavy (non-hydrogen) atoms. The Morgan fingerprint density at radius 1 is 0.506 bits per heavy atom. The summed E-state index contributed by atoms with van der Waals surface area (Å²) in [6, 6.07) is 40.7. The quantitative estimate of drug-likeness (QED) is 0.0240. The summed E-state index contributed by atoms with van der Waals surface area (Å²) < 4.78 is 75.3. The van der Waals surface area contributed by atoms with Crippen LogP contribution in [-0.4, -0.2) is 84.6 Å². The van der Waals surface area contributed by atoms with E-state index in [2.05, 4.69) is 54.1 Å². The van der Waals surface area contributed by atoms with Gasteiger partial charge < -0.3 is 16.4 Å². The van der Waals surface area contributed by atoms with Crippen molar-refractivity contribution in [3.05, 3.63) is 199 Å². The Hall–Kier alpha value is -6.95. The molecule has 0 aliphatic heterocycles. The third-order valence-electron chi connectivity index (χ3n) is 10.9. The summed E-state index contributed by atoms with van der Waals surface area (Å²) in [5, 5.41) is 14.5. The highest BCUT2D eigenvalue weighted by Gasteiger charge is 2.11. The fourth-order valence-corrected chi connectivity index (χ4v) is 10.0. The second kappa shape index (κ2) is 29.9. The maximum atomic E-state index is 12.4. The van der Waals surface area contributed by atoms with E-state index >= 15 is 0 Å². The molecule has 0 bridgehead atoms. The fourth-order valence-electron chi connectivity index (χ4n) is 6.83. The van der Waals surface area contributed by atoms with E-state index in [-0.39, 0.29) is 11.6 Å². The third-order valence-corrected chi connectivity index (χ3v) is 15.4. The lowest BCUT2D eigenvalue weighted by Crippen LogP contribution is -2.10. The van der Waals surface area contributed by atoms with Crippen molar-refractivity contribution in [2.75, 3.05) is 68.1 Å². The Bertz CT molecular complexity index is 3620. The number of ketones is 2. The van der Waals surface area contributed by atoms with Crippen LogP contribution in [0.5, 0.6) is 0 Å². The molecule has 0 unspecified atom stereocenters. The number of carbonyl (C=O) groups excluding carboxylic acids is 2. The Kier molecular flexibility index (Phi) is 24.4. The molecule has 7 aromatic rings. The zero-order valence-corrected chi connectivity index (χ0v) is 51.0. The predicted molar refractivity (Wildman–Crippen MR) is 337 cm³/mol. The normalized spacial score (nSPS) is 11.2. The number of H-pyrrole nitrogens is 1. The Balaban J connectivity index is 0.000000236. The molecule has 0 fully saturated rings. The van der Waals surface area contributed by atoms with Crippen molar-refractivity contribution in [1.29, 1.82) is 0 Å². The van der Waals surface area contributed by atoms with Crippen LogP contribution in [0.15, 0.2) is 155 Å². The van der Waals surface area contributed by atoms with Crippen LogP contribution in [0.2, 0.25) is 0 Å². The molecule has 1 aromatic heterocycles. The molecule has 0 radical (unpaired) electrons. The number of rotatable bonds is 18. The molecule has 6 aromatic carbocycles. The number of nitrogen functional groups attached to an aromatic ring is 1. The van der Waals surface area contributed by atoms with Crippen LogP contribution in [0.1, 0.15) is 54.1 Å². The van der Waals surface area contributed by atoms with Crippen LogP contribution >= 0.6 is 35.3 Å². The van der Waals surface area contributed by atoms with Crippen molar-refractivity contribution >= 4 is 117 Å². The highest BCUT2D eigenvalue weighted by atomic mass is 32.2. The molecule has 0 saturated carbocycles. The van der Waals surface area contributed by atoms with Crippen molar-refractivity contribution < 1.29 is 34.8 Å². The van der Waals surface area contributed by atoms with Crippen LogP contribution in [0.3, 0.4) is 0 Å². The number of aromatic nitrogens is 2. The van der Waals surface area contributed by atoms with Gasteiger partial charge in [0.15, 0.2) is 17.4 Å². The average molecular weight is 1190 g/mol. The number of thioether (sulfide) groups is 3. The van der Waals surface area contributed by atoms with Gasteiger partial charge in [0.1, 0.15) is 0 Å². The molecule has 8 N–H and O–H groups in total. The minimum Gasteiger partial charge on any atom is -0.399 e. The number of hydrogen-bond acceptors (Lipinski definition) is 15. The summed E-state index contributed by atoms with van der Waals surface area (Å²) in [6.45, 7) is 11.6. The van der Waals surface area contributed by atoms with Crippen LogP contribution in [-0.2, 0) is 30.1 Å². The molecule has 0 saturated heterocycles. The highest BCUT2D eigenvalue weighted by Crippen LogP contribution is 2.28. The number of anilines is 7. The first-order chi connectivity index (χ1) is 37.0. The molecule has 7 rings (SSSR count). The molecule has 0 amide bonds. The smallest absolute Gasteiger partial charge is 0.229 e. The molecule has 22 heteroatoms. The Morgan fingerprint density at radius 2 is 0.911 bits per heavy atom. The zero-order valence-electron chi connectivity index (χ0n) is 46.1. The minimum absolute atomic E-state index is 0.0742. The number of sulfonamides is 3. The number of aryl methyl sites for hydroxylation is 6. The maximum Gasteiger partial charge on any atom is 0.229 e. The number of hydrogen-bond donors (Lipinski definition) is 7. The second-order valence-corrected chi connectivity index (χ2v) is 26.1. The van der Waals surface area contributed by atoms with Crippen molar-refractivity contribution in [2.24, 2.45) is 0 Å². The monoisotopic (exact) mass is 1180 g/mol. The van der Waals surface area contributed by atoms with E-state index in [9.17, 15) is 34.8 Å². The summed E-state index contributed by atoms with van der Waals surface area (Å²) in [4.78, 5) is 24.2. The average Bonchev–Trinajstić information content (AvgIpc) is 3.84. The van der Waals surface area contributed by atoms with Crippen molar-refractivity contribution in [1.82, 2.24) is 10.2 Å². The van der Waals surface area contributed by atoms with E-state index in [1.807, 2.05) is 126 Å². The van der Waals surface area contributed by atoms with Gasteiger partial charge in [-0.15, -0.1) is 35.3 Å². The number of aromatic amines is 1. The maximum absolute atomic E-state index is 12.4. The number of nitrogens with zero attached hydrogens (tertiary/aromatic N) is 1. The standard InChI is InChI=1S/C19H22N2O3S2.C18H20N4O2S.C12H14OS2.C8H12N2O2S/c1-13-5-7-15(8-6-13)18(22)12-19(25-3)20-17-10-9-16(11-14(17)2)21-26(4,23)24;1-12-4-6-14(7-5-12)17-11-18(21-20-17)19-16-9-8-15(10-13(16)2)22-25(3,23)24;1-9-4-6-10(7-5-9)11(13)8-12(14-2)15-3;1-6-5-7(3-4-8(6)9)10-13(2,11)12/h5-12,20-21H,1-4H3;4-11,22H,1-3H3,(H2,19,20,21);4-8H,1-3H3;3-5,10H,9H2,1-2H3/b19-12-;;;. The molecular formula is C57H68N8O8S6. The molecule has 0 aliphatic rings. The summed E-state index contributed by atoms with van der Waals surface area (Å²) in [7, 11) is -9.80. The number of carbonyl (C=O) groups is 2. The highest BCUT2D eigenvalue weighted by molar-refractivity contribution is 8.21. The van der Waals surface area contributed by atoms with Gasteiger partial charge in [-0.25, -0.2) is 25.3 Å². The van der Waals surface area contributed by atoms with E-state index in [1.165, 1.54) is 22.9 Å². The van der Waals surface area contributed by atoms with E-state index in [1.54, 1.807) is 84.2 Å². The fraction of sp³-hybridized carbons (Fsp3) is 0.211. The second-order valence-electron chi connectivity index (χ2n) is 18.1. The van der Waals surface area contributed by atoms with Gasteiger partial charge in [0.2, 0.25) is 30.1 Å². The first-order valence-electron chi connectivity index (χ1n) is 24.0. The molecule has 16 nitrogen and oxygen atoms in total. The lowest BCUT2D eigenvalue weighted by molar-refractivity contribution is 0.103. The topological polar surface area (TPSA) is 251 Å². The summed E-state index contributed by atoms with van der Waals surface area (Å²) in [5.41, 5.74) is 19.0. The SMILES string of the molecule is CS/C(=C\C(=O)c1ccc(C)cc1)Nc1ccc(NS(C)(=O)=O)cc1C.CSC(=CC(=O)c1ccc(C)cc1)SC.Cc1cc(NS(C)(=O)=O)ccc1N.Cc1ccc(-c2cc(Nc3ccc(NS(C)(=O)=O)cc3C)n[nH]2)cc1. The number of nitrogens with two attached hydrogens (primary N) is 1. The van der Waals surface area contributed by atoms with Gasteiger partial charge in [-0.1, -0.05) is 89.5 Å². The van der Waals surface area contributed by atoms with Gasteiger partial charge in [0, 0.05) is 67.7 Å². The molecule has 0 spiro atoms.